The van der Waals surface area contributed by atoms with Crippen LogP contribution in [0.25, 0.3) is 0 Å². The molecule has 29 heavy (non-hydrogen) atoms. The third kappa shape index (κ3) is 9.45. The Hall–Kier alpha value is -1.87. The summed E-state index contributed by atoms with van der Waals surface area (Å²) in [5, 5.41) is 48.9. The number of carboxylic acids is 2. The number of carboxylic acid groups (broad SMARTS) is 2. The van der Waals surface area contributed by atoms with E-state index >= 15 is 0 Å². The van der Waals surface area contributed by atoms with E-state index in [1.165, 1.54) is 6.92 Å². The normalized spacial score (nSPS) is 27.0. The molecule has 0 aromatic rings. The van der Waals surface area contributed by atoms with E-state index < -0.39 is 61.6 Å². The third-order valence-corrected chi connectivity index (χ3v) is 3.97. The van der Waals surface area contributed by atoms with Gasteiger partial charge in [-0.2, -0.15) is 0 Å². The maximum atomic E-state index is 11.7. The molecule has 1 saturated heterocycles. The van der Waals surface area contributed by atoms with Crippen LogP contribution in [-0.4, -0.2) is 125 Å². The summed E-state index contributed by atoms with van der Waals surface area (Å²) in [4.78, 5) is 34.0. The second-order valence-corrected chi connectivity index (χ2v) is 6.45. The number of ether oxygens (including phenoxy) is 3. The number of nitrogens with zero attached hydrogens (tertiary/aromatic N) is 1. The summed E-state index contributed by atoms with van der Waals surface area (Å²) in [5.41, 5.74) is 0. The molecule has 0 aliphatic carbocycles. The molecule has 0 bridgehead atoms. The second kappa shape index (κ2) is 12.6. The quantitative estimate of drug-likeness (QED) is 0.159. The molecule has 1 fully saturated rings. The van der Waals surface area contributed by atoms with Crippen LogP contribution >= 0.6 is 0 Å². The van der Waals surface area contributed by atoms with Gasteiger partial charge in [0.15, 0.2) is 6.29 Å². The number of nitrogens with one attached hydrogen (secondary N) is 1. The second-order valence-electron chi connectivity index (χ2n) is 6.45. The lowest BCUT2D eigenvalue weighted by Crippen LogP contribution is -2.57. The number of hydrogen-bond acceptors (Lipinski definition) is 10. The first-order valence-corrected chi connectivity index (χ1v) is 8.93. The number of carbonyl (C=O) groups is 3. The van der Waals surface area contributed by atoms with Gasteiger partial charge < -0.3 is 45.1 Å². The van der Waals surface area contributed by atoms with Crippen molar-refractivity contribution < 1.29 is 54.1 Å². The van der Waals surface area contributed by atoms with Gasteiger partial charge in [0.25, 0.3) is 0 Å². The Morgan fingerprint density at radius 3 is 2.14 bits per heavy atom. The van der Waals surface area contributed by atoms with Crippen LogP contribution in [0.15, 0.2) is 0 Å². The molecule has 13 heteroatoms. The molecule has 1 aliphatic rings. The average molecular weight is 424 g/mol. The van der Waals surface area contributed by atoms with Gasteiger partial charge in [-0.15, -0.1) is 0 Å². The number of carbonyl (C=O) groups excluding carboxylic acids is 1. The maximum absolute atomic E-state index is 11.7. The van der Waals surface area contributed by atoms with Gasteiger partial charge in [-0.1, -0.05) is 0 Å². The standard InChI is InChI=1S/C16H28N2O11/c1-9-13(24)14(25)15(26)16(29-9)28-5-4-27-3-2-17-10(19)6-18(7-11(20)21)8-12(22)23/h9,13-16,24-26H,2-8H2,1H3,(H,17,19)(H,20,21)(H,22,23)/t9-,13-,14+,15+,16+/m0/s1. The fourth-order valence-electron chi connectivity index (χ4n) is 2.55. The van der Waals surface area contributed by atoms with Gasteiger partial charge in [-0.3, -0.25) is 19.3 Å². The highest BCUT2D eigenvalue weighted by atomic mass is 16.7. The first kappa shape index (κ1) is 25.2. The van der Waals surface area contributed by atoms with E-state index in [0.29, 0.717) is 0 Å². The molecular formula is C16H28N2O11. The molecule has 6 N–H and O–H groups in total. The van der Waals surface area contributed by atoms with E-state index in [1.807, 2.05) is 0 Å². The fraction of sp³-hybridized carbons (Fsp3) is 0.812. The summed E-state index contributed by atoms with van der Waals surface area (Å²) in [5.74, 6) is -3.04. The monoisotopic (exact) mass is 424 g/mol. The molecule has 168 valence electrons. The van der Waals surface area contributed by atoms with Crippen LogP contribution in [0.3, 0.4) is 0 Å². The van der Waals surface area contributed by atoms with Crippen LogP contribution in [0, 0.1) is 0 Å². The van der Waals surface area contributed by atoms with Crippen LogP contribution in [0.4, 0.5) is 0 Å². The van der Waals surface area contributed by atoms with E-state index in [1.54, 1.807) is 0 Å². The van der Waals surface area contributed by atoms with Gasteiger partial charge in [0.05, 0.1) is 45.6 Å². The Kier molecular flexibility index (Phi) is 11.0. The Bertz CT molecular complexity index is 531. The van der Waals surface area contributed by atoms with Crippen molar-refractivity contribution in [2.75, 3.05) is 46.0 Å². The van der Waals surface area contributed by atoms with Crippen molar-refractivity contribution in [3.05, 3.63) is 0 Å². The number of hydrogen-bond donors (Lipinski definition) is 6. The van der Waals surface area contributed by atoms with Gasteiger partial charge >= 0.3 is 11.9 Å². The molecular weight excluding hydrogens is 396 g/mol. The minimum Gasteiger partial charge on any atom is -0.480 e. The molecule has 0 radical (unpaired) electrons. The average Bonchev–Trinajstić information content (AvgIpc) is 2.61. The van der Waals surface area contributed by atoms with E-state index in [4.69, 9.17) is 24.4 Å². The highest BCUT2D eigenvalue weighted by molar-refractivity contribution is 5.80. The molecule has 13 nitrogen and oxygen atoms in total. The van der Waals surface area contributed by atoms with Crippen molar-refractivity contribution in [3.8, 4) is 0 Å². The molecule has 0 aromatic carbocycles. The summed E-state index contributed by atoms with van der Waals surface area (Å²) in [6.07, 6.45) is -5.83. The maximum Gasteiger partial charge on any atom is 0.317 e. The van der Waals surface area contributed by atoms with E-state index in [9.17, 15) is 29.7 Å². The van der Waals surface area contributed by atoms with Gasteiger partial charge in [-0.05, 0) is 6.92 Å². The molecule has 0 saturated carbocycles. The fourth-order valence-corrected chi connectivity index (χ4v) is 2.55. The SMILES string of the molecule is C[C@@H]1O[C@@H](OCCOCCNC(=O)CN(CC(=O)O)CC(=O)O)[C@H](O)[C@H](O)[C@H]1O. The van der Waals surface area contributed by atoms with Crippen molar-refractivity contribution in [2.24, 2.45) is 0 Å². The summed E-state index contributed by atoms with van der Waals surface area (Å²) in [6.45, 7) is 0.334. The van der Waals surface area contributed by atoms with Crippen LogP contribution < -0.4 is 5.32 Å². The topological polar surface area (TPSA) is 195 Å². The highest BCUT2D eigenvalue weighted by Gasteiger charge is 2.42. The van der Waals surface area contributed by atoms with Crippen LogP contribution in [0.5, 0.6) is 0 Å². The van der Waals surface area contributed by atoms with E-state index in [0.717, 1.165) is 4.90 Å². The van der Waals surface area contributed by atoms with Crippen LogP contribution in [-0.2, 0) is 28.6 Å². The van der Waals surface area contributed by atoms with Crippen molar-refractivity contribution >= 4 is 17.8 Å². The summed E-state index contributed by atoms with van der Waals surface area (Å²) in [7, 11) is 0. The Labute approximate surface area is 166 Å². The number of aliphatic hydroxyl groups excluding tert-OH is 3. The molecule has 1 aliphatic heterocycles. The summed E-state index contributed by atoms with van der Waals surface area (Å²) < 4.78 is 15.7. The lowest BCUT2D eigenvalue weighted by atomic mass is 10.0. The van der Waals surface area contributed by atoms with Crippen molar-refractivity contribution in [2.45, 2.75) is 37.6 Å². The lowest BCUT2D eigenvalue weighted by molar-refractivity contribution is -0.294. The van der Waals surface area contributed by atoms with E-state index in [2.05, 4.69) is 5.32 Å². The predicted molar refractivity (Wildman–Crippen MR) is 93.8 cm³/mol. The first-order chi connectivity index (χ1) is 13.6. The van der Waals surface area contributed by atoms with Gasteiger partial charge in [0.2, 0.25) is 5.91 Å². The van der Waals surface area contributed by atoms with Crippen LogP contribution in [0.1, 0.15) is 6.92 Å². The number of amides is 1. The van der Waals surface area contributed by atoms with Gasteiger partial charge in [-0.25, -0.2) is 0 Å². The predicted octanol–water partition coefficient (Wildman–Crippen LogP) is -3.57. The first-order valence-electron chi connectivity index (χ1n) is 8.93. The van der Waals surface area contributed by atoms with Crippen molar-refractivity contribution in [3.63, 3.8) is 0 Å². The largest absolute Gasteiger partial charge is 0.480 e. The van der Waals surface area contributed by atoms with Gasteiger partial charge in [0, 0.05) is 6.54 Å². The molecule has 1 amide bonds. The molecule has 5 atom stereocenters. The molecule has 0 spiro atoms. The minimum atomic E-state index is -1.40. The van der Waals surface area contributed by atoms with Crippen molar-refractivity contribution in [1.82, 2.24) is 10.2 Å². The zero-order chi connectivity index (χ0) is 22.0. The summed E-state index contributed by atoms with van der Waals surface area (Å²) in [6, 6.07) is 0. The Morgan fingerprint density at radius 2 is 1.55 bits per heavy atom. The smallest absolute Gasteiger partial charge is 0.317 e. The zero-order valence-corrected chi connectivity index (χ0v) is 16.0. The van der Waals surface area contributed by atoms with Crippen molar-refractivity contribution in [1.29, 1.82) is 0 Å². The molecule has 1 heterocycles. The number of aliphatic hydroxyl groups is 3. The van der Waals surface area contributed by atoms with E-state index in [-0.39, 0.29) is 32.9 Å². The van der Waals surface area contributed by atoms with Crippen LogP contribution in [0.2, 0.25) is 0 Å². The summed E-state index contributed by atoms with van der Waals surface area (Å²) >= 11 is 0. The Balaban J connectivity index is 2.16. The highest BCUT2D eigenvalue weighted by Crippen LogP contribution is 2.21. The molecule has 0 unspecified atom stereocenters. The third-order valence-electron chi connectivity index (χ3n) is 3.97. The Morgan fingerprint density at radius 1 is 0.931 bits per heavy atom. The number of rotatable bonds is 13. The molecule has 1 rings (SSSR count). The lowest BCUT2D eigenvalue weighted by Gasteiger charge is -2.38. The number of aliphatic carboxylic acids is 2. The van der Waals surface area contributed by atoms with Gasteiger partial charge in [0.1, 0.15) is 18.3 Å². The molecule has 0 aromatic heterocycles. The minimum absolute atomic E-state index is 0.0240. The zero-order valence-electron chi connectivity index (χ0n) is 16.0.